The normalized spacial score (nSPS) is 17.3. The van der Waals surface area contributed by atoms with Gasteiger partial charge in [-0.15, -0.1) is 0 Å². The number of hydrogen-bond donors (Lipinski definition) is 1. The van der Waals surface area contributed by atoms with Gasteiger partial charge in [0.25, 0.3) is 5.91 Å². The fourth-order valence-corrected chi connectivity index (χ4v) is 3.33. The molecule has 0 saturated carbocycles. The molecule has 0 atom stereocenters. The molecule has 2 aliphatic heterocycles. The Kier molecular flexibility index (Phi) is 4.91. The van der Waals surface area contributed by atoms with Crippen LogP contribution in [0.15, 0.2) is 48.7 Å². The second kappa shape index (κ2) is 7.65. The van der Waals surface area contributed by atoms with Crippen molar-refractivity contribution in [2.24, 2.45) is 5.92 Å². The van der Waals surface area contributed by atoms with Gasteiger partial charge in [-0.3, -0.25) is 14.6 Å². The molecule has 2 aromatic rings. The molecular formula is C20H22N4O3. The zero-order chi connectivity index (χ0) is 18.6. The van der Waals surface area contributed by atoms with Gasteiger partial charge in [-0.25, -0.2) is 0 Å². The van der Waals surface area contributed by atoms with Crippen LogP contribution in [0.2, 0.25) is 0 Å². The summed E-state index contributed by atoms with van der Waals surface area (Å²) in [6.45, 7) is 3.59. The molecule has 0 aliphatic carbocycles. The first-order chi connectivity index (χ1) is 13.2. The molecule has 2 saturated heterocycles. The number of hydrogen-bond acceptors (Lipinski definition) is 5. The van der Waals surface area contributed by atoms with Gasteiger partial charge in [0.1, 0.15) is 11.4 Å². The molecule has 2 aliphatic rings. The van der Waals surface area contributed by atoms with Gasteiger partial charge in [0.2, 0.25) is 5.91 Å². The molecule has 1 aromatic heterocycles. The van der Waals surface area contributed by atoms with E-state index in [4.69, 9.17) is 4.74 Å². The number of nitrogens with zero attached hydrogens (tertiary/aromatic N) is 3. The van der Waals surface area contributed by atoms with Gasteiger partial charge in [-0.05, 0) is 24.3 Å². The molecule has 2 amide bonds. The van der Waals surface area contributed by atoms with Gasteiger partial charge in [-0.2, -0.15) is 0 Å². The van der Waals surface area contributed by atoms with E-state index >= 15 is 0 Å². The van der Waals surface area contributed by atoms with Crippen molar-refractivity contribution in [3.63, 3.8) is 0 Å². The maximum Gasteiger partial charge on any atom is 0.272 e. The average molecular weight is 366 g/mol. The molecular weight excluding hydrogens is 344 g/mol. The highest BCUT2D eigenvalue weighted by atomic mass is 16.5. The first-order valence-corrected chi connectivity index (χ1v) is 9.14. The van der Waals surface area contributed by atoms with Gasteiger partial charge in [0.05, 0.1) is 13.2 Å². The molecule has 0 radical (unpaired) electrons. The van der Waals surface area contributed by atoms with E-state index < -0.39 is 0 Å². The molecule has 0 bridgehead atoms. The monoisotopic (exact) mass is 366 g/mol. The molecule has 7 heteroatoms. The van der Waals surface area contributed by atoms with Crippen LogP contribution in [-0.4, -0.2) is 61.0 Å². The van der Waals surface area contributed by atoms with E-state index in [9.17, 15) is 9.59 Å². The highest BCUT2D eigenvalue weighted by molar-refractivity contribution is 5.94. The number of piperazine rings is 1. The number of carbonyl (C=O) groups excluding carboxylic acids is 2. The lowest BCUT2D eigenvalue weighted by molar-refractivity contribution is -0.120. The lowest BCUT2D eigenvalue weighted by Gasteiger charge is -2.39. The van der Waals surface area contributed by atoms with Crippen molar-refractivity contribution in [2.45, 2.75) is 0 Å². The molecule has 140 valence electrons. The summed E-state index contributed by atoms with van der Waals surface area (Å²) in [6.07, 6.45) is 1.63. The van der Waals surface area contributed by atoms with Gasteiger partial charge >= 0.3 is 0 Å². The van der Waals surface area contributed by atoms with Gasteiger partial charge in [0, 0.05) is 44.0 Å². The summed E-state index contributed by atoms with van der Waals surface area (Å²) in [4.78, 5) is 32.2. The van der Waals surface area contributed by atoms with Crippen LogP contribution in [0, 0.1) is 5.92 Å². The summed E-state index contributed by atoms with van der Waals surface area (Å²) in [7, 11) is 0. The molecule has 1 N–H and O–H groups in total. The molecule has 7 nitrogen and oxygen atoms in total. The van der Waals surface area contributed by atoms with Crippen molar-refractivity contribution in [2.75, 3.05) is 44.2 Å². The minimum absolute atomic E-state index is 0.00469. The summed E-state index contributed by atoms with van der Waals surface area (Å²) in [5, 5.41) is 2.80. The highest BCUT2D eigenvalue weighted by Gasteiger charge is 2.32. The van der Waals surface area contributed by atoms with E-state index in [0.29, 0.717) is 44.4 Å². The van der Waals surface area contributed by atoms with Crippen LogP contribution in [0.3, 0.4) is 0 Å². The third kappa shape index (κ3) is 4.02. The number of benzene rings is 1. The Morgan fingerprint density at radius 3 is 2.81 bits per heavy atom. The van der Waals surface area contributed by atoms with Gasteiger partial charge in [0.15, 0.2) is 0 Å². The number of ether oxygens (including phenoxy) is 1. The molecule has 0 unspecified atom stereocenters. The van der Waals surface area contributed by atoms with E-state index in [-0.39, 0.29) is 11.8 Å². The van der Waals surface area contributed by atoms with E-state index in [2.05, 4.69) is 10.3 Å². The van der Waals surface area contributed by atoms with Crippen molar-refractivity contribution in [1.29, 1.82) is 0 Å². The van der Waals surface area contributed by atoms with Crippen LogP contribution in [0.1, 0.15) is 10.5 Å². The van der Waals surface area contributed by atoms with Crippen LogP contribution < -0.4 is 15.0 Å². The van der Waals surface area contributed by atoms with Crippen molar-refractivity contribution >= 4 is 17.5 Å². The lowest BCUT2D eigenvalue weighted by atomic mass is 10.0. The third-order valence-corrected chi connectivity index (χ3v) is 4.84. The van der Waals surface area contributed by atoms with Crippen LogP contribution in [0.4, 0.5) is 5.69 Å². The average Bonchev–Trinajstić information content (AvgIpc) is 2.67. The van der Waals surface area contributed by atoms with Crippen LogP contribution >= 0.6 is 0 Å². The zero-order valence-corrected chi connectivity index (χ0v) is 15.0. The Labute approximate surface area is 157 Å². The quantitative estimate of drug-likeness (QED) is 0.860. The fourth-order valence-electron chi connectivity index (χ4n) is 3.33. The van der Waals surface area contributed by atoms with Crippen molar-refractivity contribution < 1.29 is 14.3 Å². The number of amides is 2. The number of likely N-dealkylation sites (tertiary alicyclic amines) is 1. The number of carbonyl (C=O) groups is 2. The summed E-state index contributed by atoms with van der Waals surface area (Å²) in [5.41, 5.74) is 1.27. The van der Waals surface area contributed by atoms with Crippen LogP contribution in [0.25, 0.3) is 0 Å². The number of aromatic nitrogens is 1. The molecule has 3 heterocycles. The number of pyridine rings is 1. The molecule has 0 spiro atoms. The molecule has 1 aromatic carbocycles. The van der Waals surface area contributed by atoms with Gasteiger partial charge in [-0.1, -0.05) is 18.2 Å². The maximum absolute atomic E-state index is 12.7. The maximum atomic E-state index is 12.7. The first kappa shape index (κ1) is 17.3. The van der Waals surface area contributed by atoms with Crippen molar-refractivity contribution in [3.8, 4) is 5.75 Å². The summed E-state index contributed by atoms with van der Waals surface area (Å²) in [6, 6.07) is 13.3. The SMILES string of the molecule is O=C1CN(c2ccnc(C(=O)N3CC(COc4ccccc4)C3)c2)CCN1. The van der Waals surface area contributed by atoms with Crippen molar-refractivity contribution in [1.82, 2.24) is 15.2 Å². The smallest absolute Gasteiger partial charge is 0.272 e. The van der Waals surface area contributed by atoms with Crippen LogP contribution in [-0.2, 0) is 4.79 Å². The number of anilines is 1. The van der Waals surface area contributed by atoms with E-state index in [0.717, 1.165) is 18.0 Å². The first-order valence-electron chi connectivity index (χ1n) is 9.14. The molecule has 27 heavy (non-hydrogen) atoms. The molecule has 2 fully saturated rings. The Hall–Kier alpha value is -3.09. The lowest BCUT2D eigenvalue weighted by Crippen LogP contribution is -2.52. The van der Waals surface area contributed by atoms with E-state index in [1.54, 1.807) is 17.2 Å². The second-order valence-electron chi connectivity index (χ2n) is 6.87. The third-order valence-electron chi connectivity index (χ3n) is 4.84. The Balaban J connectivity index is 1.31. The van der Waals surface area contributed by atoms with Gasteiger partial charge < -0.3 is 19.9 Å². The van der Waals surface area contributed by atoms with E-state index in [1.807, 2.05) is 41.3 Å². The highest BCUT2D eigenvalue weighted by Crippen LogP contribution is 2.22. The number of rotatable bonds is 5. The predicted molar refractivity (Wildman–Crippen MR) is 101 cm³/mol. The number of para-hydroxylation sites is 1. The largest absolute Gasteiger partial charge is 0.493 e. The van der Waals surface area contributed by atoms with Crippen molar-refractivity contribution in [3.05, 3.63) is 54.4 Å². The second-order valence-corrected chi connectivity index (χ2v) is 6.87. The predicted octanol–water partition coefficient (Wildman–Crippen LogP) is 1.17. The molecule has 4 rings (SSSR count). The Morgan fingerprint density at radius 1 is 1.22 bits per heavy atom. The number of nitrogens with one attached hydrogen (secondary N) is 1. The zero-order valence-electron chi connectivity index (χ0n) is 15.0. The standard InChI is InChI=1S/C20H22N4O3/c25-19-13-23(9-8-22-19)16-6-7-21-18(10-16)20(26)24-11-15(12-24)14-27-17-4-2-1-3-5-17/h1-7,10,15H,8-9,11-14H2,(H,22,25). The van der Waals surface area contributed by atoms with E-state index in [1.165, 1.54) is 0 Å². The minimum Gasteiger partial charge on any atom is -0.493 e. The summed E-state index contributed by atoms with van der Waals surface area (Å²) < 4.78 is 5.75. The van der Waals surface area contributed by atoms with Crippen LogP contribution in [0.5, 0.6) is 5.75 Å². The Bertz CT molecular complexity index is 821. The minimum atomic E-state index is -0.0747. The Morgan fingerprint density at radius 2 is 2.04 bits per heavy atom. The summed E-state index contributed by atoms with van der Waals surface area (Å²) >= 11 is 0. The fraction of sp³-hybridized carbons (Fsp3) is 0.350. The topological polar surface area (TPSA) is 74.8 Å². The summed E-state index contributed by atoms with van der Waals surface area (Å²) in [5.74, 6) is 1.11.